The number of halogens is 3. The van der Waals surface area contributed by atoms with E-state index in [0.29, 0.717) is 9.80 Å². The van der Waals surface area contributed by atoms with Gasteiger partial charge < -0.3 is 5.32 Å². The Bertz CT molecular complexity index is 441. The van der Waals surface area contributed by atoms with Gasteiger partial charge in [0.1, 0.15) is 5.82 Å². The van der Waals surface area contributed by atoms with Gasteiger partial charge in [0.05, 0.1) is 11.1 Å². The monoisotopic (exact) mass is 363 g/mol. The molecule has 92 valence electrons. The summed E-state index contributed by atoms with van der Waals surface area (Å²) in [4.78, 5) is 12.0. The molecule has 0 radical (unpaired) electrons. The summed E-state index contributed by atoms with van der Waals surface area (Å²) in [6.07, 6.45) is 3.00. The van der Waals surface area contributed by atoms with Crippen molar-refractivity contribution in [2.24, 2.45) is 0 Å². The quantitative estimate of drug-likeness (QED) is 0.815. The fourth-order valence-electron chi connectivity index (χ4n) is 1.88. The van der Waals surface area contributed by atoms with E-state index in [2.05, 4.69) is 37.2 Å². The molecule has 1 aliphatic carbocycles. The van der Waals surface area contributed by atoms with Crippen LogP contribution in [0.5, 0.6) is 0 Å². The number of benzene rings is 1. The fourth-order valence-corrected chi connectivity index (χ4v) is 2.91. The molecule has 1 aliphatic rings. The summed E-state index contributed by atoms with van der Waals surface area (Å²) < 4.78 is 14.2. The molecule has 0 spiro atoms. The minimum Gasteiger partial charge on any atom is -0.346 e. The largest absolute Gasteiger partial charge is 0.346 e. The van der Waals surface area contributed by atoms with Gasteiger partial charge in [0, 0.05) is 9.80 Å². The summed E-state index contributed by atoms with van der Waals surface area (Å²) in [6.45, 7) is 0. The Morgan fingerprint density at radius 1 is 1.47 bits per heavy atom. The first-order chi connectivity index (χ1) is 8.06. The van der Waals surface area contributed by atoms with Crippen LogP contribution in [0.15, 0.2) is 22.7 Å². The van der Waals surface area contributed by atoms with Crippen LogP contribution < -0.4 is 5.32 Å². The van der Waals surface area contributed by atoms with Crippen LogP contribution in [0.2, 0.25) is 0 Å². The van der Waals surface area contributed by atoms with E-state index in [1.54, 1.807) is 6.07 Å². The van der Waals surface area contributed by atoms with Gasteiger partial charge in [-0.1, -0.05) is 31.9 Å². The molecule has 1 amide bonds. The molecule has 1 aromatic rings. The molecule has 0 saturated heterocycles. The predicted octanol–water partition coefficient (Wildman–Crippen LogP) is 3.64. The average molecular weight is 365 g/mol. The highest BCUT2D eigenvalue weighted by atomic mass is 79.9. The van der Waals surface area contributed by atoms with Crippen LogP contribution in [0.3, 0.4) is 0 Å². The first kappa shape index (κ1) is 13.0. The molecule has 5 heteroatoms. The highest BCUT2D eigenvalue weighted by molar-refractivity contribution is 9.10. The second kappa shape index (κ2) is 5.06. The number of alkyl halides is 1. The molecule has 0 atom stereocenters. The summed E-state index contributed by atoms with van der Waals surface area (Å²) >= 11 is 6.56. The lowest BCUT2D eigenvalue weighted by Crippen LogP contribution is -2.55. The van der Waals surface area contributed by atoms with E-state index in [9.17, 15) is 9.18 Å². The molecular weight excluding hydrogens is 353 g/mol. The second-order valence-corrected chi connectivity index (χ2v) is 5.82. The number of carbonyl (C=O) groups excluding carboxylic acids is 1. The highest BCUT2D eigenvalue weighted by Crippen LogP contribution is 2.33. The van der Waals surface area contributed by atoms with Gasteiger partial charge in [0.15, 0.2) is 0 Å². The van der Waals surface area contributed by atoms with Crippen LogP contribution in [-0.2, 0) is 0 Å². The Hall–Kier alpha value is -0.420. The van der Waals surface area contributed by atoms with Crippen LogP contribution >= 0.6 is 31.9 Å². The van der Waals surface area contributed by atoms with E-state index in [1.165, 1.54) is 12.1 Å². The Labute approximate surface area is 116 Å². The average Bonchev–Trinajstić information content (AvgIpc) is 2.23. The zero-order valence-corrected chi connectivity index (χ0v) is 12.3. The predicted molar refractivity (Wildman–Crippen MR) is 71.9 cm³/mol. The minimum absolute atomic E-state index is 0.0976. The molecule has 1 saturated carbocycles. The van der Waals surface area contributed by atoms with Crippen molar-refractivity contribution in [2.75, 3.05) is 5.33 Å². The third-order valence-corrected chi connectivity index (χ3v) is 4.69. The lowest BCUT2D eigenvalue weighted by molar-refractivity contribution is 0.0852. The van der Waals surface area contributed by atoms with Crippen molar-refractivity contribution in [3.05, 3.63) is 34.1 Å². The van der Waals surface area contributed by atoms with Crippen molar-refractivity contribution >= 4 is 37.8 Å². The summed E-state index contributed by atoms with van der Waals surface area (Å²) in [5.41, 5.74) is -0.0863. The third kappa shape index (κ3) is 2.71. The maximum absolute atomic E-state index is 13.6. The molecular formula is C12H12Br2FNO. The first-order valence-corrected chi connectivity index (χ1v) is 7.31. The maximum Gasteiger partial charge on any atom is 0.254 e. The lowest BCUT2D eigenvalue weighted by atomic mass is 9.78. The van der Waals surface area contributed by atoms with Crippen molar-refractivity contribution < 1.29 is 9.18 Å². The molecule has 1 N–H and O–H groups in total. The zero-order chi connectivity index (χ0) is 12.5. The van der Waals surface area contributed by atoms with E-state index in [-0.39, 0.29) is 17.0 Å². The van der Waals surface area contributed by atoms with Gasteiger partial charge in [-0.05, 0) is 37.5 Å². The van der Waals surface area contributed by atoms with E-state index < -0.39 is 5.82 Å². The second-order valence-electron chi connectivity index (χ2n) is 4.35. The summed E-state index contributed by atoms with van der Waals surface area (Å²) in [7, 11) is 0. The molecule has 0 unspecified atom stereocenters. The molecule has 0 aliphatic heterocycles. The maximum atomic E-state index is 13.6. The van der Waals surface area contributed by atoms with Crippen molar-refractivity contribution in [1.82, 2.24) is 5.32 Å². The Kier molecular flexibility index (Phi) is 3.88. The van der Waals surface area contributed by atoms with Crippen LogP contribution in [0.4, 0.5) is 4.39 Å². The van der Waals surface area contributed by atoms with Gasteiger partial charge in [-0.15, -0.1) is 0 Å². The molecule has 0 aromatic heterocycles. The minimum atomic E-state index is -0.499. The lowest BCUT2D eigenvalue weighted by Gasteiger charge is -2.41. The normalized spacial score (nSPS) is 17.4. The smallest absolute Gasteiger partial charge is 0.254 e. The van der Waals surface area contributed by atoms with Crippen LogP contribution in [0.1, 0.15) is 29.6 Å². The highest BCUT2D eigenvalue weighted by Gasteiger charge is 2.37. The summed E-state index contributed by atoms with van der Waals surface area (Å²) in [5, 5.41) is 3.63. The number of hydrogen-bond donors (Lipinski definition) is 1. The Morgan fingerprint density at radius 3 is 2.65 bits per heavy atom. The number of carbonyl (C=O) groups is 1. The molecule has 17 heavy (non-hydrogen) atoms. The number of hydrogen-bond acceptors (Lipinski definition) is 1. The van der Waals surface area contributed by atoms with Gasteiger partial charge in [-0.3, -0.25) is 4.79 Å². The standard InChI is InChI=1S/C12H12Br2FNO/c13-7-12(4-1-5-12)16-11(17)9-3-2-8(14)6-10(9)15/h2-3,6H,1,4-5,7H2,(H,16,17). The Balaban J connectivity index is 2.14. The zero-order valence-electron chi connectivity index (χ0n) is 9.10. The van der Waals surface area contributed by atoms with Gasteiger partial charge in [-0.25, -0.2) is 4.39 Å². The van der Waals surface area contributed by atoms with Crippen molar-refractivity contribution in [3.8, 4) is 0 Å². The van der Waals surface area contributed by atoms with Crippen molar-refractivity contribution in [2.45, 2.75) is 24.8 Å². The van der Waals surface area contributed by atoms with Crippen molar-refractivity contribution in [1.29, 1.82) is 0 Å². The van der Waals surface area contributed by atoms with Crippen LogP contribution in [-0.4, -0.2) is 16.8 Å². The van der Waals surface area contributed by atoms with Gasteiger partial charge >= 0.3 is 0 Å². The topological polar surface area (TPSA) is 29.1 Å². The molecule has 1 aromatic carbocycles. The van der Waals surface area contributed by atoms with Crippen LogP contribution in [0, 0.1) is 5.82 Å². The van der Waals surface area contributed by atoms with E-state index in [1.807, 2.05) is 0 Å². The van der Waals surface area contributed by atoms with Gasteiger partial charge in [0.2, 0.25) is 0 Å². The van der Waals surface area contributed by atoms with Gasteiger partial charge in [-0.2, -0.15) is 0 Å². The fraction of sp³-hybridized carbons (Fsp3) is 0.417. The number of rotatable bonds is 3. The molecule has 1 fully saturated rings. The van der Waals surface area contributed by atoms with E-state index >= 15 is 0 Å². The number of nitrogens with one attached hydrogen (secondary N) is 1. The van der Waals surface area contributed by atoms with E-state index in [4.69, 9.17) is 0 Å². The molecule has 2 rings (SSSR count). The SMILES string of the molecule is O=C(NC1(CBr)CCC1)c1ccc(Br)cc1F. The Morgan fingerprint density at radius 2 is 2.18 bits per heavy atom. The molecule has 2 nitrogen and oxygen atoms in total. The van der Waals surface area contributed by atoms with Crippen LogP contribution in [0.25, 0.3) is 0 Å². The van der Waals surface area contributed by atoms with Crippen molar-refractivity contribution in [3.63, 3.8) is 0 Å². The molecule has 0 bridgehead atoms. The molecule has 0 heterocycles. The summed E-state index contributed by atoms with van der Waals surface area (Å²) in [5.74, 6) is -0.838. The number of amides is 1. The van der Waals surface area contributed by atoms with E-state index in [0.717, 1.165) is 19.3 Å². The van der Waals surface area contributed by atoms with Gasteiger partial charge in [0.25, 0.3) is 5.91 Å². The third-order valence-electron chi connectivity index (χ3n) is 3.12. The summed E-state index contributed by atoms with van der Waals surface area (Å²) in [6, 6.07) is 4.46. The first-order valence-electron chi connectivity index (χ1n) is 5.40.